The number of hydrogen-bond acceptors (Lipinski definition) is 4. The van der Waals surface area contributed by atoms with Crippen molar-refractivity contribution in [1.29, 1.82) is 0 Å². The molecule has 1 aliphatic rings. The molecule has 0 bridgehead atoms. The lowest BCUT2D eigenvalue weighted by atomic mass is 9.99. The summed E-state index contributed by atoms with van der Waals surface area (Å²) in [6.07, 6.45) is 4.12. The average Bonchev–Trinajstić information content (AvgIpc) is 3.00. The fraction of sp³-hybridized carbons (Fsp3) is 0.235. The number of carbonyl (C=O) groups is 1. The largest absolute Gasteiger partial charge is 0.467 e. The smallest absolute Gasteiger partial charge is 0.335 e. The zero-order chi connectivity index (χ0) is 14.7. The molecule has 108 valence electrons. The van der Waals surface area contributed by atoms with Crippen molar-refractivity contribution in [2.75, 3.05) is 11.5 Å². The van der Waals surface area contributed by atoms with Gasteiger partial charge < -0.3 is 14.1 Å². The molecule has 0 spiro atoms. The number of hydrogen-bond donors (Lipinski definition) is 0. The Labute approximate surface area is 123 Å². The minimum Gasteiger partial charge on any atom is -0.467 e. The van der Waals surface area contributed by atoms with Gasteiger partial charge in [0.15, 0.2) is 0 Å². The number of rotatable bonds is 4. The van der Waals surface area contributed by atoms with Crippen LogP contribution in [-0.2, 0) is 22.5 Å². The van der Waals surface area contributed by atoms with Gasteiger partial charge >= 0.3 is 5.97 Å². The minimum absolute atomic E-state index is 0.253. The molecule has 1 aromatic carbocycles. The summed E-state index contributed by atoms with van der Waals surface area (Å²) in [5.74, 6) is 0.600. The summed E-state index contributed by atoms with van der Waals surface area (Å²) in [4.78, 5) is 14.0. The Morgan fingerprint density at radius 3 is 2.90 bits per heavy atom. The highest BCUT2D eigenvalue weighted by Gasteiger charge is 2.22. The minimum atomic E-state index is -0.253. The predicted octanol–water partition coefficient (Wildman–Crippen LogP) is 3.29. The summed E-state index contributed by atoms with van der Waals surface area (Å²) in [5, 5.41) is 0. The van der Waals surface area contributed by atoms with E-state index in [0.717, 1.165) is 17.0 Å². The lowest BCUT2D eigenvalue weighted by molar-refractivity contribution is -0.138. The summed E-state index contributed by atoms with van der Waals surface area (Å²) in [7, 11) is 0. The molecule has 1 aromatic heterocycles. The molecule has 4 heteroatoms. The molecule has 1 aliphatic heterocycles. The van der Waals surface area contributed by atoms with Crippen molar-refractivity contribution >= 4 is 11.7 Å². The van der Waals surface area contributed by atoms with Crippen LogP contribution in [0.3, 0.4) is 0 Å². The first kappa shape index (κ1) is 13.5. The molecule has 2 aromatic rings. The van der Waals surface area contributed by atoms with Crippen LogP contribution >= 0.6 is 0 Å². The summed E-state index contributed by atoms with van der Waals surface area (Å²) in [6.45, 7) is 2.79. The fourth-order valence-corrected chi connectivity index (χ4v) is 2.50. The molecule has 4 nitrogen and oxygen atoms in total. The lowest BCUT2D eigenvalue weighted by Gasteiger charge is -2.28. The van der Waals surface area contributed by atoms with Crippen LogP contribution in [0.5, 0.6) is 0 Å². The maximum absolute atomic E-state index is 12.0. The SMILES string of the molecule is CCOC(=O)C1=CN(Cc2ccco2)c2ccccc2C1. The molecular weight excluding hydrogens is 266 g/mol. The van der Waals surface area contributed by atoms with Crippen molar-refractivity contribution < 1.29 is 13.9 Å². The van der Waals surface area contributed by atoms with Crippen LogP contribution in [0.15, 0.2) is 58.9 Å². The van der Waals surface area contributed by atoms with Gasteiger partial charge in [0.2, 0.25) is 0 Å². The number of carbonyl (C=O) groups excluding carboxylic acids is 1. The molecule has 2 heterocycles. The summed E-state index contributed by atoms with van der Waals surface area (Å²) >= 11 is 0. The maximum atomic E-state index is 12.0. The maximum Gasteiger partial charge on any atom is 0.335 e. The van der Waals surface area contributed by atoms with E-state index in [4.69, 9.17) is 9.15 Å². The van der Waals surface area contributed by atoms with E-state index in [9.17, 15) is 4.79 Å². The molecule has 0 unspecified atom stereocenters. The Kier molecular flexibility index (Phi) is 3.77. The third-order valence-corrected chi connectivity index (χ3v) is 3.44. The van der Waals surface area contributed by atoms with E-state index < -0.39 is 0 Å². The molecule has 0 saturated heterocycles. The Hall–Kier alpha value is -2.49. The van der Waals surface area contributed by atoms with Crippen LogP contribution in [-0.4, -0.2) is 12.6 Å². The van der Waals surface area contributed by atoms with Crippen molar-refractivity contribution in [3.05, 3.63) is 65.8 Å². The van der Waals surface area contributed by atoms with Gasteiger partial charge in [0.05, 0.1) is 25.0 Å². The number of para-hydroxylation sites is 1. The normalized spacial score (nSPS) is 13.6. The Bertz CT molecular complexity index is 658. The Morgan fingerprint density at radius 1 is 1.29 bits per heavy atom. The second-order valence-electron chi connectivity index (χ2n) is 4.89. The topological polar surface area (TPSA) is 42.7 Å². The molecule has 0 atom stereocenters. The van der Waals surface area contributed by atoms with E-state index in [1.54, 1.807) is 6.26 Å². The summed E-state index contributed by atoms with van der Waals surface area (Å²) in [5.41, 5.74) is 2.89. The van der Waals surface area contributed by atoms with Crippen LogP contribution in [0.1, 0.15) is 18.2 Å². The van der Waals surface area contributed by atoms with E-state index in [2.05, 4.69) is 6.07 Å². The van der Waals surface area contributed by atoms with Crippen LogP contribution < -0.4 is 4.90 Å². The van der Waals surface area contributed by atoms with Crippen molar-refractivity contribution in [2.45, 2.75) is 19.9 Å². The molecule has 0 amide bonds. The van der Waals surface area contributed by atoms with Gasteiger partial charge in [-0.3, -0.25) is 0 Å². The standard InChI is InChI=1S/C17H17NO3/c1-2-20-17(19)14-10-13-6-3-4-8-16(13)18(11-14)12-15-7-5-9-21-15/h3-9,11H,2,10,12H2,1H3. The first-order chi connectivity index (χ1) is 10.3. The van der Waals surface area contributed by atoms with Crippen LogP contribution in [0.2, 0.25) is 0 Å². The monoisotopic (exact) mass is 283 g/mol. The Morgan fingerprint density at radius 2 is 2.14 bits per heavy atom. The highest BCUT2D eigenvalue weighted by molar-refractivity contribution is 5.91. The van der Waals surface area contributed by atoms with E-state index in [1.165, 1.54) is 0 Å². The van der Waals surface area contributed by atoms with Gasteiger partial charge in [0, 0.05) is 18.3 Å². The molecule has 3 rings (SSSR count). The summed E-state index contributed by atoms with van der Waals surface area (Å²) in [6, 6.07) is 11.9. The van der Waals surface area contributed by atoms with Crippen molar-refractivity contribution in [2.24, 2.45) is 0 Å². The summed E-state index contributed by atoms with van der Waals surface area (Å²) < 4.78 is 10.5. The lowest BCUT2D eigenvalue weighted by Crippen LogP contribution is -2.25. The predicted molar refractivity (Wildman–Crippen MR) is 79.8 cm³/mol. The highest BCUT2D eigenvalue weighted by atomic mass is 16.5. The van der Waals surface area contributed by atoms with Gasteiger partial charge in [-0.1, -0.05) is 18.2 Å². The molecule has 0 N–H and O–H groups in total. The number of fused-ring (bicyclic) bond motifs is 1. The number of anilines is 1. The number of furan rings is 1. The first-order valence-corrected chi connectivity index (χ1v) is 7.02. The van der Waals surface area contributed by atoms with E-state index in [1.807, 2.05) is 48.4 Å². The van der Waals surface area contributed by atoms with Gasteiger partial charge in [-0.2, -0.15) is 0 Å². The molecule has 21 heavy (non-hydrogen) atoms. The third-order valence-electron chi connectivity index (χ3n) is 3.44. The number of ether oxygens (including phenoxy) is 1. The number of benzene rings is 1. The van der Waals surface area contributed by atoms with Gasteiger partial charge in [-0.05, 0) is 30.7 Å². The van der Waals surface area contributed by atoms with E-state index in [-0.39, 0.29) is 5.97 Å². The van der Waals surface area contributed by atoms with Crippen molar-refractivity contribution in [3.63, 3.8) is 0 Å². The van der Waals surface area contributed by atoms with Gasteiger partial charge in [0.25, 0.3) is 0 Å². The molecule has 0 saturated carbocycles. The zero-order valence-electron chi connectivity index (χ0n) is 11.9. The number of esters is 1. The molecule has 0 aliphatic carbocycles. The average molecular weight is 283 g/mol. The molecular formula is C17H17NO3. The second-order valence-corrected chi connectivity index (χ2v) is 4.89. The van der Waals surface area contributed by atoms with Gasteiger partial charge in [-0.15, -0.1) is 0 Å². The van der Waals surface area contributed by atoms with Crippen molar-refractivity contribution in [1.82, 2.24) is 0 Å². The fourth-order valence-electron chi connectivity index (χ4n) is 2.50. The number of nitrogens with zero attached hydrogens (tertiary/aromatic N) is 1. The quantitative estimate of drug-likeness (QED) is 0.808. The molecule has 0 radical (unpaired) electrons. The van der Waals surface area contributed by atoms with E-state index in [0.29, 0.717) is 25.1 Å². The third kappa shape index (κ3) is 2.84. The highest BCUT2D eigenvalue weighted by Crippen LogP contribution is 2.30. The van der Waals surface area contributed by atoms with Crippen LogP contribution in [0, 0.1) is 0 Å². The Balaban J connectivity index is 1.92. The van der Waals surface area contributed by atoms with Crippen LogP contribution in [0.25, 0.3) is 0 Å². The van der Waals surface area contributed by atoms with Gasteiger partial charge in [0.1, 0.15) is 5.76 Å². The van der Waals surface area contributed by atoms with Gasteiger partial charge in [-0.25, -0.2) is 4.79 Å². The zero-order valence-corrected chi connectivity index (χ0v) is 11.9. The van der Waals surface area contributed by atoms with Crippen LogP contribution in [0.4, 0.5) is 5.69 Å². The first-order valence-electron chi connectivity index (χ1n) is 7.02. The van der Waals surface area contributed by atoms with Crippen molar-refractivity contribution in [3.8, 4) is 0 Å². The molecule has 0 fully saturated rings. The second kappa shape index (κ2) is 5.87. The van der Waals surface area contributed by atoms with E-state index >= 15 is 0 Å².